The zero-order valence-corrected chi connectivity index (χ0v) is 7.84. The average Bonchev–Trinajstić information content (AvgIpc) is 2.11. The van der Waals surface area contributed by atoms with Gasteiger partial charge in [-0.2, -0.15) is 0 Å². The van der Waals surface area contributed by atoms with Gasteiger partial charge in [-0.1, -0.05) is 0 Å². The number of nitrogens with two attached hydrogens (primary N) is 2. The number of rotatable bonds is 1. The first kappa shape index (κ1) is 12.3. The molecule has 1 aliphatic rings. The molecule has 6 nitrogen and oxygen atoms in total. The van der Waals surface area contributed by atoms with Crippen LogP contribution in [0.5, 0.6) is 0 Å². The molecule has 1 rings (SSSR count). The molecule has 0 fully saturated rings. The van der Waals surface area contributed by atoms with E-state index in [1.165, 1.54) is 12.3 Å². The largest absolute Gasteiger partial charge is 0.450 e. The zero-order chi connectivity index (χ0) is 11.0. The lowest BCUT2D eigenvalue weighted by atomic mass is 10.2. The Morgan fingerprint density at radius 1 is 1.71 bits per heavy atom. The van der Waals surface area contributed by atoms with E-state index in [0.717, 1.165) is 0 Å². The van der Waals surface area contributed by atoms with Gasteiger partial charge in [0.05, 0.1) is 6.61 Å². The van der Waals surface area contributed by atoms with E-state index in [2.05, 4.69) is 15.5 Å². The Kier molecular flexibility index (Phi) is 5.97. The maximum absolute atomic E-state index is 10.5. The predicted molar refractivity (Wildman–Crippen MR) is 51.8 cm³/mol. The summed E-state index contributed by atoms with van der Waals surface area (Å²) in [7, 11) is 0. The van der Waals surface area contributed by atoms with Crippen molar-refractivity contribution in [2.24, 2.45) is 16.5 Å². The molecule has 1 aliphatic heterocycles. The maximum Gasteiger partial charge on any atom is 0.404 e. The van der Waals surface area contributed by atoms with E-state index in [-0.39, 0.29) is 5.78 Å². The van der Waals surface area contributed by atoms with Crippen molar-refractivity contribution >= 4 is 18.1 Å². The van der Waals surface area contributed by atoms with Crippen molar-refractivity contribution in [3.05, 3.63) is 12.2 Å². The molecule has 0 aromatic heterocycles. The molecule has 1 unspecified atom stereocenters. The van der Waals surface area contributed by atoms with E-state index in [1.54, 1.807) is 13.0 Å². The van der Waals surface area contributed by atoms with Crippen molar-refractivity contribution in [3.63, 3.8) is 0 Å². The Morgan fingerprint density at radius 2 is 2.36 bits per heavy atom. The quantitative estimate of drug-likeness (QED) is 0.598. The highest BCUT2D eigenvalue weighted by Gasteiger charge is 2.07. The van der Waals surface area contributed by atoms with E-state index < -0.39 is 12.3 Å². The standard InChI is InChI=1S/C5H6N2O.C3H7NO2/c6-5-4(8)2-1-3-7-5;1-2-6-3(4)5/h1-3,5H,6H2;2H2,1H3,(H2,4,5). The van der Waals surface area contributed by atoms with Crippen LogP contribution in [0.4, 0.5) is 4.79 Å². The fourth-order valence-corrected chi connectivity index (χ4v) is 0.595. The van der Waals surface area contributed by atoms with E-state index in [4.69, 9.17) is 5.73 Å². The molecule has 4 N–H and O–H groups in total. The lowest BCUT2D eigenvalue weighted by molar-refractivity contribution is -0.115. The summed E-state index contributed by atoms with van der Waals surface area (Å²) >= 11 is 0. The molecule has 0 spiro atoms. The molecule has 0 radical (unpaired) electrons. The van der Waals surface area contributed by atoms with Crippen LogP contribution in [0.15, 0.2) is 17.1 Å². The fraction of sp³-hybridized carbons (Fsp3) is 0.375. The van der Waals surface area contributed by atoms with Crippen LogP contribution < -0.4 is 11.5 Å². The minimum absolute atomic E-state index is 0.132. The summed E-state index contributed by atoms with van der Waals surface area (Å²) in [5, 5.41) is 0. The molecule has 6 heteroatoms. The summed E-state index contributed by atoms with van der Waals surface area (Å²) in [6, 6.07) is 0. The first-order valence-electron chi connectivity index (χ1n) is 3.99. The third-order valence-corrected chi connectivity index (χ3v) is 1.17. The molecule has 0 saturated carbocycles. The van der Waals surface area contributed by atoms with Crippen molar-refractivity contribution in [3.8, 4) is 0 Å². The molecule has 0 aliphatic carbocycles. The number of hydrogen-bond acceptors (Lipinski definition) is 5. The van der Waals surface area contributed by atoms with Gasteiger partial charge < -0.3 is 16.2 Å². The molecule has 1 amide bonds. The number of ketones is 1. The van der Waals surface area contributed by atoms with Gasteiger partial charge in [-0.25, -0.2) is 4.79 Å². The summed E-state index contributed by atoms with van der Waals surface area (Å²) < 4.78 is 4.18. The van der Waals surface area contributed by atoms with Crippen LogP contribution in [0, 0.1) is 0 Å². The highest BCUT2D eigenvalue weighted by molar-refractivity contribution is 6.00. The van der Waals surface area contributed by atoms with Gasteiger partial charge in [0.2, 0.25) is 0 Å². The van der Waals surface area contributed by atoms with Crippen LogP contribution >= 0.6 is 0 Å². The molecular formula is C8H13N3O3. The number of allylic oxidation sites excluding steroid dienone is 1. The molecule has 1 heterocycles. The number of aliphatic imine (C=N–C) groups is 1. The highest BCUT2D eigenvalue weighted by Crippen LogP contribution is 1.90. The normalized spacial score (nSPS) is 18.4. The van der Waals surface area contributed by atoms with Crippen LogP contribution in [-0.2, 0) is 9.53 Å². The minimum Gasteiger partial charge on any atom is -0.450 e. The Hall–Kier alpha value is -1.69. The van der Waals surface area contributed by atoms with E-state index in [0.29, 0.717) is 6.61 Å². The van der Waals surface area contributed by atoms with Gasteiger partial charge in [-0.05, 0) is 19.1 Å². The molecule has 0 bridgehead atoms. The van der Waals surface area contributed by atoms with Gasteiger partial charge in [0.1, 0.15) is 0 Å². The number of ether oxygens (including phenoxy) is 1. The molecule has 1 atom stereocenters. The number of nitrogens with zero attached hydrogens (tertiary/aromatic N) is 1. The number of primary amides is 1. The first-order chi connectivity index (χ1) is 6.57. The lowest BCUT2D eigenvalue weighted by Gasteiger charge is -2.01. The second kappa shape index (κ2) is 6.79. The monoisotopic (exact) mass is 199 g/mol. The summed E-state index contributed by atoms with van der Waals surface area (Å²) in [6.07, 6.45) is 3.15. The van der Waals surface area contributed by atoms with Gasteiger partial charge in [-0.15, -0.1) is 0 Å². The third-order valence-electron chi connectivity index (χ3n) is 1.17. The fourth-order valence-electron chi connectivity index (χ4n) is 0.595. The van der Waals surface area contributed by atoms with Crippen molar-refractivity contribution in [1.29, 1.82) is 0 Å². The van der Waals surface area contributed by atoms with Gasteiger partial charge in [0.15, 0.2) is 11.9 Å². The van der Waals surface area contributed by atoms with E-state index >= 15 is 0 Å². The maximum atomic E-state index is 10.5. The number of carbonyl (C=O) groups is 2. The molecule has 0 saturated heterocycles. The van der Waals surface area contributed by atoms with E-state index in [1.807, 2.05) is 0 Å². The van der Waals surface area contributed by atoms with Gasteiger partial charge >= 0.3 is 6.09 Å². The van der Waals surface area contributed by atoms with Gasteiger partial charge in [0.25, 0.3) is 0 Å². The average molecular weight is 199 g/mol. The predicted octanol–water partition coefficient (Wildman–Crippen LogP) is -0.417. The minimum atomic E-state index is -0.711. The summed E-state index contributed by atoms with van der Waals surface area (Å²) in [5.41, 5.74) is 9.72. The lowest BCUT2D eigenvalue weighted by Crippen LogP contribution is -2.28. The van der Waals surface area contributed by atoms with Crippen LogP contribution in [0.1, 0.15) is 6.92 Å². The topological polar surface area (TPSA) is 108 Å². The van der Waals surface area contributed by atoms with Crippen molar-refractivity contribution in [1.82, 2.24) is 0 Å². The SMILES string of the molecule is CCOC(N)=O.NC1N=CC=CC1=O. The van der Waals surface area contributed by atoms with Crippen molar-refractivity contribution < 1.29 is 14.3 Å². The third kappa shape index (κ3) is 5.90. The second-order valence-corrected chi connectivity index (χ2v) is 2.26. The van der Waals surface area contributed by atoms with Crippen LogP contribution in [0.2, 0.25) is 0 Å². The Balaban J connectivity index is 0.000000255. The number of dihydropyridines is 1. The smallest absolute Gasteiger partial charge is 0.404 e. The number of hydrogen-bond donors (Lipinski definition) is 2. The van der Waals surface area contributed by atoms with Gasteiger partial charge in [-0.3, -0.25) is 9.79 Å². The second-order valence-electron chi connectivity index (χ2n) is 2.26. The first-order valence-corrected chi connectivity index (χ1v) is 3.99. The molecule has 0 aromatic rings. The zero-order valence-electron chi connectivity index (χ0n) is 7.84. The van der Waals surface area contributed by atoms with E-state index in [9.17, 15) is 9.59 Å². The molecule has 14 heavy (non-hydrogen) atoms. The Bertz CT molecular complexity index is 261. The Morgan fingerprint density at radius 3 is 2.57 bits per heavy atom. The number of carbonyl (C=O) groups excluding carboxylic acids is 2. The molecule has 78 valence electrons. The van der Waals surface area contributed by atoms with Gasteiger partial charge in [0, 0.05) is 6.21 Å². The van der Waals surface area contributed by atoms with Crippen molar-refractivity contribution in [2.75, 3.05) is 6.61 Å². The molecule has 0 aromatic carbocycles. The summed E-state index contributed by atoms with van der Waals surface area (Å²) in [4.78, 5) is 23.7. The summed E-state index contributed by atoms with van der Waals surface area (Å²) in [5.74, 6) is -0.132. The van der Waals surface area contributed by atoms with Crippen molar-refractivity contribution in [2.45, 2.75) is 13.1 Å². The van der Waals surface area contributed by atoms with Crippen LogP contribution in [0.25, 0.3) is 0 Å². The number of amides is 1. The molecular weight excluding hydrogens is 186 g/mol. The van der Waals surface area contributed by atoms with Crippen LogP contribution in [-0.4, -0.2) is 30.9 Å². The van der Waals surface area contributed by atoms with Crippen LogP contribution in [0.3, 0.4) is 0 Å². The Labute approximate surface area is 81.6 Å². The highest BCUT2D eigenvalue weighted by atomic mass is 16.5. The summed E-state index contributed by atoms with van der Waals surface area (Å²) in [6.45, 7) is 2.06.